The molecular formula is C26H34N4O3. The maximum Gasteiger partial charge on any atom is 0.238 e. The summed E-state index contributed by atoms with van der Waals surface area (Å²) in [6.45, 7) is 7.10. The largest absolute Gasteiger partial charge is 0.497 e. The van der Waals surface area contributed by atoms with Crippen LogP contribution in [0.3, 0.4) is 0 Å². The number of hydrogen-bond acceptors (Lipinski definition) is 5. The maximum absolute atomic E-state index is 13.1. The molecule has 2 fully saturated rings. The second kappa shape index (κ2) is 10.7. The first-order valence-corrected chi connectivity index (χ1v) is 11.8. The molecule has 2 aliphatic heterocycles. The number of benzene rings is 2. The molecule has 0 bridgehead atoms. The summed E-state index contributed by atoms with van der Waals surface area (Å²) in [6.07, 6.45) is 1.62. The van der Waals surface area contributed by atoms with Crippen LogP contribution in [0.25, 0.3) is 0 Å². The summed E-state index contributed by atoms with van der Waals surface area (Å²) in [6, 6.07) is 15.9. The fraction of sp³-hybridized carbons (Fsp3) is 0.462. The lowest BCUT2D eigenvalue weighted by atomic mass is 9.95. The highest BCUT2D eigenvalue weighted by Crippen LogP contribution is 2.24. The van der Waals surface area contributed by atoms with Gasteiger partial charge in [-0.15, -0.1) is 0 Å². The molecule has 7 nitrogen and oxygen atoms in total. The zero-order chi connectivity index (χ0) is 23.2. The van der Waals surface area contributed by atoms with Crippen LogP contribution in [-0.2, 0) is 9.59 Å². The Kier molecular flexibility index (Phi) is 7.50. The van der Waals surface area contributed by atoms with Gasteiger partial charge in [-0.3, -0.25) is 14.5 Å². The van der Waals surface area contributed by atoms with Crippen LogP contribution in [0, 0.1) is 12.8 Å². The molecule has 2 heterocycles. The van der Waals surface area contributed by atoms with Crippen molar-refractivity contribution in [2.75, 3.05) is 63.1 Å². The minimum atomic E-state index is -0.00251. The average molecular weight is 451 g/mol. The minimum absolute atomic E-state index is 0.00251. The van der Waals surface area contributed by atoms with Crippen molar-refractivity contribution in [2.45, 2.75) is 19.8 Å². The second-order valence-electron chi connectivity index (χ2n) is 8.98. The van der Waals surface area contributed by atoms with Crippen LogP contribution >= 0.6 is 0 Å². The third kappa shape index (κ3) is 6.05. The van der Waals surface area contributed by atoms with Crippen LogP contribution in [0.15, 0.2) is 48.5 Å². The van der Waals surface area contributed by atoms with E-state index in [0.29, 0.717) is 6.54 Å². The van der Waals surface area contributed by atoms with Crippen LogP contribution in [0.2, 0.25) is 0 Å². The van der Waals surface area contributed by atoms with Gasteiger partial charge in [-0.1, -0.05) is 23.8 Å². The van der Waals surface area contributed by atoms with Gasteiger partial charge in [-0.05, 0) is 57.1 Å². The molecule has 0 aromatic heterocycles. The van der Waals surface area contributed by atoms with E-state index in [1.807, 2.05) is 54.3 Å². The molecular weight excluding hydrogens is 416 g/mol. The minimum Gasteiger partial charge on any atom is -0.497 e. The Morgan fingerprint density at radius 2 is 1.67 bits per heavy atom. The van der Waals surface area contributed by atoms with E-state index in [1.165, 1.54) is 5.56 Å². The van der Waals surface area contributed by atoms with E-state index in [-0.39, 0.29) is 17.7 Å². The van der Waals surface area contributed by atoms with Crippen LogP contribution in [-0.4, -0.2) is 74.5 Å². The van der Waals surface area contributed by atoms with Crippen molar-refractivity contribution in [3.8, 4) is 5.75 Å². The summed E-state index contributed by atoms with van der Waals surface area (Å²) in [5.74, 6) is 1.18. The van der Waals surface area contributed by atoms with Crippen molar-refractivity contribution in [2.24, 2.45) is 5.92 Å². The molecule has 2 aromatic carbocycles. The van der Waals surface area contributed by atoms with E-state index in [4.69, 9.17) is 4.74 Å². The highest BCUT2D eigenvalue weighted by Gasteiger charge is 2.31. The Morgan fingerprint density at radius 1 is 0.970 bits per heavy atom. The monoisotopic (exact) mass is 450 g/mol. The molecule has 0 aliphatic carbocycles. The number of aryl methyl sites for hydroxylation is 1. The Morgan fingerprint density at radius 3 is 2.33 bits per heavy atom. The molecule has 0 radical (unpaired) electrons. The van der Waals surface area contributed by atoms with Gasteiger partial charge >= 0.3 is 0 Å². The van der Waals surface area contributed by atoms with E-state index < -0.39 is 0 Å². The number of piperidine rings is 1. The fourth-order valence-corrected chi connectivity index (χ4v) is 4.63. The zero-order valence-electron chi connectivity index (χ0n) is 19.6. The fourth-order valence-electron chi connectivity index (χ4n) is 4.63. The molecule has 1 N–H and O–H groups in total. The number of nitrogens with zero attached hydrogens (tertiary/aromatic N) is 3. The van der Waals surface area contributed by atoms with Crippen LogP contribution in [0.4, 0.5) is 11.4 Å². The normalized spacial score (nSPS) is 17.6. The molecule has 33 heavy (non-hydrogen) atoms. The number of methoxy groups -OCH3 is 1. The number of anilines is 2. The van der Waals surface area contributed by atoms with Crippen molar-refractivity contribution >= 4 is 23.2 Å². The summed E-state index contributed by atoms with van der Waals surface area (Å²) in [4.78, 5) is 31.9. The van der Waals surface area contributed by atoms with Gasteiger partial charge in [0.1, 0.15) is 5.75 Å². The lowest BCUT2D eigenvalue weighted by Gasteiger charge is -2.39. The first-order chi connectivity index (χ1) is 16.0. The lowest BCUT2D eigenvalue weighted by Crippen LogP contribution is -2.52. The van der Waals surface area contributed by atoms with Crippen molar-refractivity contribution in [1.29, 1.82) is 0 Å². The average Bonchev–Trinajstić information content (AvgIpc) is 2.85. The molecule has 0 atom stereocenters. The predicted molar refractivity (Wildman–Crippen MR) is 131 cm³/mol. The summed E-state index contributed by atoms with van der Waals surface area (Å²) >= 11 is 0. The van der Waals surface area contributed by atoms with Gasteiger partial charge in [0.25, 0.3) is 0 Å². The molecule has 2 amide bonds. The quantitative estimate of drug-likeness (QED) is 0.733. The van der Waals surface area contributed by atoms with E-state index in [9.17, 15) is 9.59 Å². The number of piperazine rings is 1. The Balaban J connectivity index is 1.20. The van der Waals surface area contributed by atoms with Gasteiger partial charge in [0.05, 0.1) is 13.7 Å². The number of rotatable bonds is 6. The molecule has 2 saturated heterocycles. The number of carbonyl (C=O) groups is 2. The van der Waals surface area contributed by atoms with Crippen LogP contribution in [0.5, 0.6) is 5.75 Å². The Labute approximate surface area is 196 Å². The summed E-state index contributed by atoms with van der Waals surface area (Å²) in [5.41, 5.74) is 3.13. The van der Waals surface area contributed by atoms with E-state index in [2.05, 4.69) is 21.2 Å². The van der Waals surface area contributed by atoms with Gasteiger partial charge in [-0.2, -0.15) is 0 Å². The number of nitrogens with one attached hydrogen (secondary N) is 1. The molecule has 0 unspecified atom stereocenters. The van der Waals surface area contributed by atoms with Gasteiger partial charge < -0.3 is 19.9 Å². The second-order valence-corrected chi connectivity index (χ2v) is 8.98. The first-order valence-electron chi connectivity index (χ1n) is 11.8. The summed E-state index contributed by atoms with van der Waals surface area (Å²) in [5, 5.41) is 2.96. The van der Waals surface area contributed by atoms with E-state index in [0.717, 1.165) is 69.2 Å². The number of carbonyl (C=O) groups excluding carboxylic acids is 2. The highest BCUT2D eigenvalue weighted by atomic mass is 16.5. The van der Waals surface area contributed by atoms with Crippen LogP contribution in [0.1, 0.15) is 18.4 Å². The SMILES string of the molecule is COc1cccc(N2CCN(C(=O)C3CCN(CC(=O)Nc4ccc(C)cc4)CC3)CC2)c1. The first kappa shape index (κ1) is 23.1. The van der Waals surface area contributed by atoms with Crippen molar-refractivity contribution < 1.29 is 14.3 Å². The predicted octanol–water partition coefficient (Wildman–Crippen LogP) is 3.00. The zero-order valence-corrected chi connectivity index (χ0v) is 19.6. The number of amides is 2. The van der Waals surface area contributed by atoms with Crippen molar-refractivity contribution in [3.05, 3.63) is 54.1 Å². The van der Waals surface area contributed by atoms with Gasteiger partial charge in [-0.25, -0.2) is 0 Å². The van der Waals surface area contributed by atoms with Crippen molar-refractivity contribution in [3.63, 3.8) is 0 Å². The molecule has 176 valence electrons. The van der Waals surface area contributed by atoms with E-state index in [1.54, 1.807) is 7.11 Å². The molecule has 2 aromatic rings. The topological polar surface area (TPSA) is 65.1 Å². The molecule has 0 saturated carbocycles. The lowest BCUT2D eigenvalue weighted by molar-refractivity contribution is -0.137. The molecule has 0 spiro atoms. The molecule has 2 aliphatic rings. The third-order valence-electron chi connectivity index (χ3n) is 6.65. The number of ether oxygens (including phenoxy) is 1. The molecule has 7 heteroatoms. The van der Waals surface area contributed by atoms with Gasteiger partial charge in [0.2, 0.25) is 11.8 Å². The molecule has 4 rings (SSSR count). The van der Waals surface area contributed by atoms with Crippen molar-refractivity contribution in [1.82, 2.24) is 9.80 Å². The summed E-state index contributed by atoms with van der Waals surface area (Å²) in [7, 11) is 1.68. The standard InChI is InChI=1S/C26H34N4O3/c1-20-6-8-22(9-7-20)27-25(31)19-28-12-10-21(11-13-28)26(32)30-16-14-29(15-17-30)23-4-3-5-24(18-23)33-2/h3-9,18,21H,10-17,19H2,1-2H3,(H,27,31). The third-order valence-corrected chi connectivity index (χ3v) is 6.65. The number of likely N-dealkylation sites (tertiary alicyclic amines) is 1. The smallest absolute Gasteiger partial charge is 0.238 e. The Bertz CT molecular complexity index is 946. The van der Waals surface area contributed by atoms with Crippen LogP contribution < -0.4 is 15.0 Å². The summed E-state index contributed by atoms with van der Waals surface area (Å²) < 4.78 is 5.33. The Hall–Kier alpha value is -3.06. The van der Waals surface area contributed by atoms with Gasteiger partial charge in [0.15, 0.2) is 0 Å². The maximum atomic E-state index is 13.1. The van der Waals surface area contributed by atoms with Gasteiger partial charge in [0, 0.05) is 49.5 Å². The number of hydrogen-bond donors (Lipinski definition) is 1. The highest BCUT2D eigenvalue weighted by molar-refractivity contribution is 5.92. The van der Waals surface area contributed by atoms with E-state index >= 15 is 0 Å².